The number of hydrogen-bond acceptors (Lipinski definition) is 3. The number of aryl methyl sites for hydroxylation is 1. The number of nitrogens with zero attached hydrogens (tertiary/aromatic N) is 1. The van der Waals surface area contributed by atoms with Crippen LogP contribution in [0.25, 0.3) is 0 Å². The molecule has 0 atom stereocenters. The van der Waals surface area contributed by atoms with Crippen molar-refractivity contribution in [2.45, 2.75) is 32.6 Å². The van der Waals surface area contributed by atoms with Gasteiger partial charge in [0, 0.05) is 11.5 Å². The summed E-state index contributed by atoms with van der Waals surface area (Å²) in [7, 11) is 0. The summed E-state index contributed by atoms with van der Waals surface area (Å²) in [4.78, 5) is 0.749. The Morgan fingerprint density at radius 3 is 2.91 bits per heavy atom. The van der Waals surface area contributed by atoms with E-state index in [2.05, 4.69) is 16.0 Å². The maximum absolute atomic E-state index is 10.8. The third-order valence-electron chi connectivity index (χ3n) is 1.50. The van der Waals surface area contributed by atoms with Crippen LogP contribution in [0.1, 0.15) is 31.1 Å². The first-order valence-corrected chi connectivity index (χ1v) is 4.56. The molecule has 0 saturated heterocycles. The smallest absolute Gasteiger partial charge is 0.301 e. The highest BCUT2D eigenvalue weighted by Gasteiger charge is 2.07. The van der Waals surface area contributed by atoms with Crippen LogP contribution in [-0.4, -0.2) is 4.55 Å². The van der Waals surface area contributed by atoms with E-state index >= 15 is 0 Å². The van der Waals surface area contributed by atoms with Gasteiger partial charge in [0.2, 0.25) is 0 Å². The van der Waals surface area contributed by atoms with Gasteiger partial charge in [-0.3, -0.25) is 0 Å². The molecule has 0 amide bonds. The molecule has 0 radical (unpaired) electrons. The second-order valence-corrected chi connectivity index (χ2v) is 3.25. The predicted octanol–water partition coefficient (Wildman–Crippen LogP) is 1.82. The zero-order valence-corrected chi connectivity index (χ0v) is 7.32. The number of hydrogen-bond donors (Lipinski definition) is 0. The molecular formula is C7H11NO2S. The van der Waals surface area contributed by atoms with Gasteiger partial charge in [0.15, 0.2) is 0 Å². The Bertz CT molecular complexity index is 212. The fraction of sp³-hybridized carbons (Fsp3) is 0.714. The predicted molar refractivity (Wildman–Crippen MR) is 41.5 cm³/mol. The Morgan fingerprint density at radius 1 is 1.55 bits per heavy atom. The average molecular weight is 173 g/mol. The molecule has 0 bridgehead atoms. The Hall–Kier alpha value is -0.640. The molecule has 0 N–H and O–H groups in total. The minimum atomic E-state index is -0.258. The quantitative estimate of drug-likeness (QED) is 0.515. The molecule has 1 aromatic rings. The number of rotatable bonds is 4. The number of unbranched alkanes of at least 4 members (excludes halogenated alkanes) is 2. The van der Waals surface area contributed by atoms with Gasteiger partial charge in [-0.2, -0.15) is 0 Å². The lowest BCUT2D eigenvalue weighted by molar-refractivity contribution is -0.298. The van der Waals surface area contributed by atoms with E-state index in [4.69, 9.17) is 0 Å². The SMILES string of the molecule is CCCCCc1sn[o+]c1[O-]. The van der Waals surface area contributed by atoms with Crippen LogP contribution in [0.3, 0.4) is 0 Å². The van der Waals surface area contributed by atoms with Crippen LogP contribution in [0.2, 0.25) is 0 Å². The summed E-state index contributed by atoms with van der Waals surface area (Å²) in [6, 6.07) is 0. The first kappa shape index (κ1) is 8.46. The molecule has 0 aliphatic rings. The second-order valence-electron chi connectivity index (χ2n) is 2.42. The summed E-state index contributed by atoms with van der Waals surface area (Å²) in [5.41, 5.74) is 0. The third kappa shape index (κ3) is 2.46. The molecule has 4 heteroatoms. The van der Waals surface area contributed by atoms with Crippen molar-refractivity contribution in [3.63, 3.8) is 0 Å². The monoisotopic (exact) mass is 173 g/mol. The molecular weight excluding hydrogens is 162 g/mol. The van der Waals surface area contributed by atoms with Gasteiger partial charge in [-0.05, 0) is 17.4 Å². The van der Waals surface area contributed by atoms with Crippen LogP contribution < -0.4 is 5.11 Å². The van der Waals surface area contributed by atoms with Crippen LogP contribution in [0.4, 0.5) is 0 Å². The molecule has 0 fully saturated rings. The van der Waals surface area contributed by atoms with Crippen molar-refractivity contribution in [3.05, 3.63) is 4.88 Å². The van der Waals surface area contributed by atoms with Gasteiger partial charge in [0.1, 0.15) is 4.88 Å². The van der Waals surface area contributed by atoms with Crippen molar-refractivity contribution in [2.75, 3.05) is 0 Å². The van der Waals surface area contributed by atoms with Crippen LogP contribution in [0, 0.1) is 0 Å². The van der Waals surface area contributed by atoms with Gasteiger partial charge in [-0.25, -0.2) is 5.11 Å². The summed E-state index contributed by atoms with van der Waals surface area (Å²) >= 11 is 1.17. The van der Waals surface area contributed by atoms with Gasteiger partial charge in [0.05, 0.1) is 0 Å². The van der Waals surface area contributed by atoms with Crippen molar-refractivity contribution >= 4 is 11.5 Å². The summed E-state index contributed by atoms with van der Waals surface area (Å²) < 4.78 is 7.86. The molecule has 0 aliphatic carbocycles. The van der Waals surface area contributed by atoms with E-state index in [0.717, 1.165) is 24.1 Å². The molecule has 0 aromatic carbocycles. The third-order valence-corrected chi connectivity index (χ3v) is 2.24. The molecule has 11 heavy (non-hydrogen) atoms. The topological polar surface area (TPSA) is 47.2 Å². The standard InChI is InChI=1S/C7H11NO2S/c1-2-3-4-5-6-7(9)10-8-11-6/h2-5H2,1H3. The lowest BCUT2D eigenvalue weighted by atomic mass is 10.2. The van der Waals surface area contributed by atoms with E-state index in [1.165, 1.54) is 18.0 Å². The summed E-state index contributed by atoms with van der Waals surface area (Å²) in [5, 5.41) is 10.8. The molecule has 0 unspecified atom stereocenters. The van der Waals surface area contributed by atoms with Crippen molar-refractivity contribution < 1.29 is 9.63 Å². The van der Waals surface area contributed by atoms with Crippen LogP contribution in [-0.2, 0) is 6.42 Å². The zero-order valence-electron chi connectivity index (χ0n) is 6.50. The average Bonchev–Trinajstić information content (AvgIpc) is 2.37. The van der Waals surface area contributed by atoms with Gasteiger partial charge in [-0.15, -0.1) is 0 Å². The largest absolute Gasteiger partial charge is 0.374 e. The highest BCUT2D eigenvalue weighted by molar-refractivity contribution is 7.05. The second kappa shape index (κ2) is 4.28. The van der Waals surface area contributed by atoms with Crippen LogP contribution in [0.15, 0.2) is 4.52 Å². The van der Waals surface area contributed by atoms with Crippen molar-refractivity contribution in [1.29, 1.82) is 0 Å². The normalized spacial score (nSPS) is 10.3. The maximum atomic E-state index is 10.8. The van der Waals surface area contributed by atoms with Crippen molar-refractivity contribution in [2.24, 2.45) is 0 Å². The summed E-state index contributed by atoms with van der Waals surface area (Å²) in [6.45, 7) is 2.13. The fourth-order valence-corrected chi connectivity index (χ4v) is 1.41. The number of aromatic nitrogens is 1. The van der Waals surface area contributed by atoms with Gasteiger partial charge in [-0.1, -0.05) is 19.8 Å². The molecule has 1 heterocycles. The molecule has 0 saturated carbocycles. The van der Waals surface area contributed by atoms with Gasteiger partial charge in [0.25, 0.3) is 0 Å². The van der Waals surface area contributed by atoms with E-state index in [1.54, 1.807) is 0 Å². The highest BCUT2D eigenvalue weighted by atomic mass is 32.1. The van der Waals surface area contributed by atoms with E-state index in [-0.39, 0.29) is 5.95 Å². The fourth-order valence-electron chi connectivity index (χ4n) is 0.869. The van der Waals surface area contributed by atoms with Crippen molar-refractivity contribution in [1.82, 2.24) is 4.55 Å². The Labute approximate surface area is 69.8 Å². The Balaban J connectivity index is 2.32. The van der Waals surface area contributed by atoms with E-state index < -0.39 is 0 Å². The molecule has 1 rings (SSSR count). The van der Waals surface area contributed by atoms with Crippen molar-refractivity contribution in [3.8, 4) is 5.95 Å². The van der Waals surface area contributed by atoms with Gasteiger partial charge >= 0.3 is 5.95 Å². The van der Waals surface area contributed by atoms with E-state index in [0.29, 0.717) is 0 Å². The zero-order chi connectivity index (χ0) is 8.10. The first-order chi connectivity index (χ1) is 5.34. The summed E-state index contributed by atoms with van der Waals surface area (Å²) in [6.07, 6.45) is 4.21. The molecule has 0 aliphatic heterocycles. The van der Waals surface area contributed by atoms with Gasteiger partial charge < -0.3 is 4.52 Å². The van der Waals surface area contributed by atoms with E-state index in [9.17, 15) is 5.11 Å². The maximum Gasteiger partial charge on any atom is 0.374 e. The van der Waals surface area contributed by atoms with Crippen LogP contribution >= 0.6 is 11.5 Å². The lowest BCUT2D eigenvalue weighted by Crippen LogP contribution is -1.91. The molecule has 3 nitrogen and oxygen atoms in total. The molecule has 1 aromatic heterocycles. The Morgan fingerprint density at radius 2 is 2.36 bits per heavy atom. The molecule has 62 valence electrons. The first-order valence-electron chi connectivity index (χ1n) is 3.79. The lowest BCUT2D eigenvalue weighted by Gasteiger charge is -1.91. The summed E-state index contributed by atoms with van der Waals surface area (Å²) in [5.74, 6) is -0.258. The highest BCUT2D eigenvalue weighted by Crippen LogP contribution is 2.19. The minimum absolute atomic E-state index is 0.258. The van der Waals surface area contributed by atoms with E-state index in [1.807, 2.05) is 0 Å². The van der Waals surface area contributed by atoms with Crippen LogP contribution in [0.5, 0.6) is 5.95 Å². The molecule has 0 spiro atoms. The minimum Gasteiger partial charge on any atom is -0.301 e. The Kier molecular flexibility index (Phi) is 3.29.